The highest BCUT2D eigenvalue weighted by atomic mass is 16.5. The number of aromatic nitrogens is 1. The number of carbonyl (C=O) groups is 1. The molecule has 0 radical (unpaired) electrons. The minimum Gasteiger partial charge on any atom is -0.384 e. The third-order valence-corrected chi connectivity index (χ3v) is 4.27. The number of carbonyl (C=O) groups excluding carboxylic acids is 1. The summed E-state index contributed by atoms with van der Waals surface area (Å²) in [5.41, 5.74) is 1.05. The highest BCUT2D eigenvalue weighted by Gasteiger charge is 2.39. The zero-order valence-corrected chi connectivity index (χ0v) is 12.5. The van der Waals surface area contributed by atoms with Gasteiger partial charge in [0.25, 0.3) is 0 Å². The molecule has 1 amide bonds. The maximum absolute atomic E-state index is 12.4. The first kappa shape index (κ1) is 14.5. The Labute approximate surface area is 125 Å². The molecule has 21 heavy (non-hydrogen) atoms. The Kier molecular flexibility index (Phi) is 4.51. The van der Waals surface area contributed by atoms with Gasteiger partial charge in [0.2, 0.25) is 5.91 Å². The summed E-state index contributed by atoms with van der Waals surface area (Å²) in [6, 6.07) is 6.38. The number of pyridine rings is 1. The molecular formula is C16H23N3O2. The van der Waals surface area contributed by atoms with E-state index in [0.717, 1.165) is 38.2 Å². The standard InChI is InChI=1S/C16H23N3O2/c1-21-11-12-8-19(9-14-4-2-3-7-17-14)10-15(12)16(20)18-13-5-6-13/h2-4,7,12-13,15H,5-6,8-11H2,1H3,(H,18,20)/t12-,15+/m0/s1. The monoisotopic (exact) mass is 289 g/mol. The van der Waals surface area contributed by atoms with E-state index in [0.29, 0.717) is 12.6 Å². The average Bonchev–Trinajstić information content (AvgIpc) is 3.21. The quantitative estimate of drug-likeness (QED) is 0.850. The topological polar surface area (TPSA) is 54.5 Å². The van der Waals surface area contributed by atoms with Crippen molar-refractivity contribution in [1.82, 2.24) is 15.2 Å². The molecule has 2 heterocycles. The van der Waals surface area contributed by atoms with Crippen LogP contribution in [0.5, 0.6) is 0 Å². The van der Waals surface area contributed by atoms with Crippen molar-refractivity contribution >= 4 is 5.91 Å². The van der Waals surface area contributed by atoms with E-state index in [2.05, 4.69) is 15.2 Å². The molecule has 0 bridgehead atoms. The first-order valence-electron chi connectivity index (χ1n) is 7.68. The molecule has 3 rings (SSSR count). The summed E-state index contributed by atoms with van der Waals surface area (Å²) < 4.78 is 5.30. The molecule has 2 atom stereocenters. The van der Waals surface area contributed by atoms with E-state index in [4.69, 9.17) is 4.74 Å². The zero-order valence-electron chi connectivity index (χ0n) is 12.5. The normalized spacial score (nSPS) is 26.0. The maximum Gasteiger partial charge on any atom is 0.225 e. The second-order valence-corrected chi connectivity index (χ2v) is 6.12. The predicted molar refractivity (Wildman–Crippen MR) is 79.5 cm³/mol. The second-order valence-electron chi connectivity index (χ2n) is 6.12. The van der Waals surface area contributed by atoms with Crippen molar-refractivity contribution in [3.63, 3.8) is 0 Å². The highest BCUT2D eigenvalue weighted by molar-refractivity contribution is 5.80. The van der Waals surface area contributed by atoms with Gasteiger partial charge in [0.1, 0.15) is 0 Å². The number of rotatable bonds is 6. The number of likely N-dealkylation sites (tertiary alicyclic amines) is 1. The minimum atomic E-state index is 0.0364. The summed E-state index contributed by atoms with van der Waals surface area (Å²) in [4.78, 5) is 19.0. The van der Waals surface area contributed by atoms with E-state index in [1.807, 2.05) is 24.4 Å². The van der Waals surface area contributed by atoms with E-state index >= 15 is 0 Å². The zero-order chi connectivity index (χ0) is 14.7. The van der Waals surface area contributed by atoms with Crippen LogP contribution in [0.15, 0.2) is 24.4 Å². The Morgan fingerprint density at radius 3 is 2.95 bits per heavy atom. The van der Waals surface area contributed by atoms with Crippen molar-refractivity contribution in [2.24, 2.45) is 11.8 Å². The summed E-state index contributed by atoms with van der Waals surface area (Å²) >= 11 is 0. The van der Waals surface area contributed by atoms with Crippen LogP contribution in [-0.4, -0.2) is 48.6 Å². The summed E-state index contributed by atoms with van der Waals surface area (Å²) in [5.74, 6) is 0.509. The van der Waals surface area contributed by atoms with Crippen LogP contribution in [0.1, 0.15) is 18.5 Å². The SMILES string of the molecule is COC[C@@H]1CN(Cc2ccccn2)C[C@H]1C(=O)NC1CC1. The third kappa shape index (κ3) is 3.80. The number of methoxy groups -OCH3 is 1. The van der Waals surface area contributed by atoms with Crippen LogP contribution in [0, 0.1) is 11.8 Å². The molecule has 1 aliphatic heterocycles. The van der Waals surface area contributed by atoms with Crippen LogP contribution < -0.4 is 5.32 Å². The minimum absolute atomic E-state index is 0.0364. The van der Waals surface area contributed by atoms with Crippen molar-refractivity contribution < 1.29 is 9.53 Å². The van der Waals surface area contributed by atoms with Gasteiger partial charge in [-0.15, -0.1) is 0 Å². The summed E-state index contributed by atoms with van der Waals surface area (Å²) in [5, 5.41) is 3.13. The van der Waals surface area contributed by atoms with Gasteiger partial charge >= 0.3 is 0 Å². The van der Waals surface area contributed by atoms with Gasteiger partial charge in [0.15, 0.2) is 0 Å². The van der Waals surface area contributed by atoms with Gasteiger partial charge in [-0.3, -0.25) is 14.7 Å². The molecule has 0 unspecified atom stereocenters. The second kappa shape index (κ2) is 6.54. The number of hydrogen-bond donors (Lipinski definition) is 1. The van der Waals surface area contributed by atoms with Gasteiger partial charge in [-0.1, -0.05) is 6.07 Å². The van der Waals surface area contributed by atoms with Crippen LogP contribution in [-0.2, 0) is 16.1 Å². The summed E-state index contributed by atoms with van der Waals surface area (Å²) in [6.07, 6.45) is 4.07. The first-order chi connectivity index (χ1) is 10.3. The fourth-order valence-electron chi connectivity index (χ4n) is 3.03. The molecule has 2 aliphatic rings. The van der Waals surface area contributed by atoms with Crippen molar-refractivity contribution in [3.8, 4) is 0 Å². The molecule has 5 heteroatoms. The average molecular weight is 289 g/mol. The van der Waals surface area contributed by atoms with Crippen LogP contribution in [0.4, 0.5) is 0 Å². The fraction of sp³-hybridized carbons (Fsp3) is 0.625. The lowest BCUT2D eigenvalue weighted by atomic mass is 9.96. The molecule has 114 valence electrons. The molecule has 1 saturated heterocycles. The van der Waals surface area contributed by atoms with Crippen molar-refractivity contribution in [1.29, 1.82) is 0 Å². The van der Waals surface area contributed by atoms with E-state index in [1.54, 1.807) is 7.11 Å². The summed E-state index contributed by atoms with van der Waals surface area (Å²) in [6.45, 7) is 3.13. The van der Waals surface area contributed by atoms with Crippen LogP contribution in [0.25, 0.3) is 0 Å². The molecule has 1 aromatic heterocycles. The van der Waals surface area contributed by atoms with Crippen molar-refractivity contribution in [2.75, 3.05) is 26.8 Å². The van der Waals surface area contributed by atoms with Crippen molar-refractivity contribution in [2.45, 2.75) is 25.4 Å². The highest BCUT2D eigenvalue weighted by Crippen LogP contribution is 2.27. The number of amides is 1. The van der Waals surface area contributed by atoms with Crippen LogP contribution in [0.3, 0.4) is 0 Å². The van der Waals surface area contributed by atoms with Gasteiger partial charge in [-0.05, 0) is 25.0 Å². The van der Waals surface area contributed by atoms with Gasteiger partial charge in [0, 0.05) is 44.9 Å². The molecule has 0 spiro atoms. The molecule has 5 nitrogen and oxygen atoms in total. The molecule has 1 N–H and O–H groups in total. The van der Waals surface area contributed by atoms with E-state index in [-0.39, 0.29) is 17.7 Å². The van der Waals surface area contributed by atoms with Gasteiger partial charge in [0.05, 0.1) is 18.2 Å². The Bertz CT molecular complexity index is 476. The number of nitrogens with zero attached hydrogens (tertiary/aromatic N) is 2. The number of ether oxygens (including phenoxy) is 1. The van der Waals surface area contributed by atoms with Crippen LogP contribution in [0.2, 0.25) is 0 Å². The largest absolute Gasteiger partial charge is 0.384 e. The molecule has 1 saturated carbocycles. The van der Waals surface area contributed by atoms with Crippen LogP contribution >= 0.6 is 0 Å². The van der Waals surface area contributed by atoms with E-state index in [9.17, 15) is 4.79 Å². The number of nitrogens with one attached hydrogen (secondary N) is 1. The fourth-order valence-corrected chi connectivity index (χ4v) is 3.03. The van der Waals surface area contributed by atoms with Gasteiger partial charge in [-0.25, -0.2) is 0 Å². The molecule has 1 aromatic rings. The Hall–Kier alpha value is -1.46. The van der Waals surface area contributed by atoms with Crippen molar-refractivity contribution in [3.05, 3.63) is 30.1 Å². The third-order valence-electron chi connectivity index (χ3n) is 4.27. The predicted octanol–water partition coefficient (Wildman–Crippen LogP) is 1.05. The molecular weight excluding hydrogens is 266 g/mol. The number of hydrogen-bond acceptors (Lipinski definition) is 4. The van der Waals surface area contributed by atoms with Gasteiger partial charge in [-0.2, -0.15) is 0 Å². The smallest absolute Gasteiger partial charge is 0.225 e. The molecule has 2 fully saturated rings. The Morgan fingerprint density at radius 1 is 1.43 bits per heavy atom. The first-order valence-corrected chi connectivity index (χ1v) is 7.68. The van der Waals surface area contributed by atoms with E-state index in [1.165, 1.54) is 0 Å². The van der Waals surface area contributed by atoms with E-state index < -0.39 is 0 Å². The molecule has 1 aliphatic carbocycles. The maximum atomic E-state index is 12.4. The lowest BCUT2D eigenvalue weighted by Gasteiger charge is -2.16. The Morgan fingerprint density at radius 2 is 2.29 bits per heavy atom. The molecule has 0 aromatic carbocycles. The lowest BCUT2D eigenvalue weighted by molar-refractivity contribution is -0.126. The lowest BCUT2D eigenvalue weighted by Crippen LogP contribution is -2.37. The van der Waals surface area contributed by atoms with Gasteiger partial charge < -0.3 is 10.1 Å². The Balaban J connectivity index is 1.61. The summed E-state index contributed by atoms with van der Waals surface area (Å²) in [7, 11) is 1.71.